The van der Waals surface area contributed by atoms with Gasteiger partial charge in [-0.05, 0) is 37.0 Å². The molecule has 1 heterocycles. The van der Waals surface area contributed by atoms with Crippen LogP contribution in [0.2, 0.25) is 0 Å². The number of hydrogen-bond acceptors (Lipinski definition) is 2. The van der Waals surface area contributed by atoms with Crippen molar-refractivity contribution < 1.29 is 4.79 Å². The summed E-state index contributed by atoms with van der Waals surface area (Å²) in [5.74, 6) is 0.591. The predicted octanol–water partition coefficient (Wildman–Crippen LogP) is 2.57. The van der Waals surface area contributed by atoms with Gasteiger partial charge in [0.1, 0.15) is 0 Å². The van der Waals surface area contributed by atoms with Gasteiger partial charge < -0.3 is 10.6 Å². The van der Waals surface area contributed by atoms with E-state index in [0.717, 1.165) is 28.6 Å². The highest BCUT2D eigenvalue weighted by atomic mass is 79.9. The van der Waals surface area contributed by atoms with Crippen molar-refractivity contribution in [3.05, 3.63) is 33.8 Å². The van der Waals surface area contributed by atoms with Crippen LogP contribution in [-0.4, -0.2) is 29.9 Å². The molecule has 1 fully saturated rings. The Morgan fingerprint density at radius 1 is 1.50 bits per heavy atom. The highest BCUT2D eigenvalue weighted by Gasteiger charge is 2.27. The van der Waals surface area contributed by atoms with Gasteiger partial charge in [0.15, 0.2) is 0 Å². The van der Waals surface area contributed by atoms with E-state index in [1.807, 2.05) is 30.0 Å². The average molecular weight is 311 g/mol. The van der Waals surface area contributed by atoms with Crippen LogP contribution in [-0.2, 0) is 0 Å². The molecule has 98 valence electrons. The van der Waals surface area contributed by atoms with Crippen molar-refractivity contribution in [3.8, 4) is 0 Å². The van der Waals surface area contributed by atoms with E-state index in [1.54, 1.807) is 0 Å². The summed E-state index contributed by atoms with van der Waals surface area (Å²) in [6.45, 7) is 5.58. The molecule has 1 amide bonds. The molecule has 1 aromatic rings. The SMILES string of the molecule is Cc1c(Br)cccc1C(=O)N1CCC(C)C(N)C1. The number of carbonyl (C=O) groups excluding carboxylic acids is 1. The summed E-state index contributed by atoms with van der Waals surface area (Å²) in [5, 5.41) is 0. The van der Waals surface area contributed by atoms with Crippen LogP contribution < -0.4 is 5.73 Å². The molecular weight excluding hydrogens is 292 g/mol. The van der Waals surface area contributed by atoms with Crippen LogP contribution >= 0.6 is 15.9 Å². The molecule has 2 N–H and O–H groups in total. The van der Waals surface area contributed by atoms with Crippen molar-refractivity contribution in [2.45, 2.75) is 26.3 Å². The molecular formula is C14H19BrN2O. The highest BCUT2D eigenvalue weighted by molar-refractivity contribution is 9.10. The molecule has 0 radical (unpaired) electrons. The second kappa shape index (κ2) is 5.41. The summed E-state index contributed by atoms with van der Waals surface area (Å²) >= 11 is 3.46. The van der Waals surface area contributed by atoms with Gasteiger partial charge in [-0.2, -0.15) is 0 Å². The van der Waals surface area contributed by atoms with Crippen molar-refractivity contribution in [2.24, 2.45) is 11.7 Å². The molecule has 1 saturated heterocycles. The number of halogens is 1. The van der Waals surface area contributed by atoms with Crippen LogP contribution in [0.15, 0.2) is 22.7 Å². The summed E-state index contributed by atoms with van der Waals surface area (Å²) in [5.41, 5.74) is 7.81. The van der Waals surface area contributed by atoms with Gasteiger partial charge in [0.25, 0.3) is 5.91 Å². The topological polar surface area (TPSA) is 46.3 Å². The first-order chi connectivity index (χ1) is 8.50. The Morgan fingerprint density at radius 2 is 2.22 bits per heavy atom. The Kier molecular flexibility index (Phi) is 4.07. The van der Waals surface area contributed by atoms with Crippen LogP contribution in [0.5, 0.6) is 0 Å². The molecule has 2 atom stereocenters. The molecule has 2 unspecified atom stereocenters. The van der Waals surface area contributed by atoms with E-state index in [2.05, 4.69) is 22.9 Å². The number of amides is 1. The maximum atomic E-state index is 12.5. The molecule has 2 rings (SSSR count). The van der Waals surface area contributed by atoms with Crippen LogP contribution in [0.3, 0.4) is 0 Å². The van der Waals surface area contributed by atoms with Crippen LogP contribution in [0.4, 0.5) is 0 Å². The summed E-state index contributed by atoms with van der Waals surface area (Å²) in [6, 6.07) is 5.83. The number of carbonyl (C=O) groups is 1. The number of nitrogens with zero attached hydrogens (tertiary/aromatic N) is 1. The maximum absolute atomic E-state index is 12.5. The zero-order chi connectivity index (χ0) is 13.3. The van der Waals surface area contributed by atoms with E-state index in [9.17, 15) is 4.79 Å². The summed E-state index contributed by atoms with van der Waals surface area (Å²) in [7, 11) is 0. The monoisotopic (exact) mass is 310 g/mol. The van der Waals surface area contributed by atoms with E-state index < -0.39 is 0 Å². The molecule has 0 bridgehead atoms. The Bertz CT molecular complexity index is 461. The van der Waals surface area contributed by atoms with Gasteiger partial charge in [0.05, 0.1) is 0 Å². The Hall–Kier alpha value is -0.870. The molecule has 1 aromatic carbocycles. The number of benzene rings is 1. The molecule has 1 aliphatic heterocycles. The predicted molar refractivity (Wildman–Crippen MR) is 76.5 cm³/mol. The van der Waals surface area contributed by atoms with Crippen LogP contribution in [0, 0.1) is 12.8 Å². The first-order valence-electron chi connectivity index (χ1n) is 6.30. The second-order valence-electron chi connectivity index (χ2n) is 5.09. The lowest BCUT2D eigenvalue weighted by molar-refractivity contribution is 0.0671. The molecule has 18 heavy (non-hydrogen) atoms. The lowest BCUT2D eigenvalue weighted by atomic mass is 9.93. The smallest absolute Gasteiger partial charge is 0.254 e. The largest absolute Gasteiger partial charge is 0.337 e. The van der Waals surface area contributed by atoms with Crippen molar-refractivity contribution in [3.63, 3.8) is 0 Å². The number of likely N-dealkylation sites (tertiary alicyclic amines) is 1. The van der Waals surface area contributed by atoms with Gasteiger partial charge >= 0.3 is 0 Å². The van der Waals surface area contributed by atoms with E-state index in [1.165, 1.54) is 0 Å². The van der Waals surface area contributed by atoms with Crippen molar-refractivity contribution in [1.29, 1.82) is 0 Å². The summed E-state index contributed by atoms with van der Waals surface area (Å²) in [6.07, 6.45) is 0.986. The molecule has 0 saturated carbocycles. The quantitative estimate of drug-likeness (QED) is 0.866. The first-order valence-corrected chi connectivity index (χ1v) is 7.10. The van der Waals surface area contributed by atoms with Crippen molar-refractivity contribution >= 4 is 21.8 Å². The van der Waals surface area contributed by atoms with Gasteiger partial charge in [0, 0.05) is 29.2 Å². The fourth-order valence-corrected chi connectivity index (χ4v) is 2.66. The number of nitrogens with two attached hydrogens (primary N) is 1. The summed E-state index contributed by atoms with van der Waals surface area (Å²) in [4.78, 5) is 14.3. The Balaban J connectivity index is 2.19. The number of piperidine rings is 1. The second-order valence-corrected chi connectivity index (χ2v) is 5.95. The van der Waals surface area contributed by atoms with Crippen LogP contribution in [0.25, 0.3) is 0 Å². The molecule has 0 spiro atoms. The summed E-state index contributed by atoms with van der Waals surface area (Å²) < 4.78 is 0.975. The number of rotatable bonds is 1. The fraction of sp³-hybridized carbons (Fsp3) is 0.500. The Morgan fingerprint density at radius 3 is 2.89 bits per heavy atom. The number of hydrogen-bond donors (Lipinski definition) is 1. The normalized spacial score (nSPS) is 24.1. The molecule has 0 aliphatic carbocycles. The van der Waals surface area contributed by atoms with E-state index in [0.29, 0.717) is 12.5 Å². The first kappa shape index (κ1) is 13.6. The van der Waals surface area contributed by atoms with Crippen molar-refractivity contribution in [1.82, 2.24) is 4.90 Å². The van der Waals surface area contributed by atoms with Gasteiger partial charge in [0.2, 0.25) is 0 Å². The highest BCUT2D eigenvalue weighted by Crippen LogP contribution is 2.23. The zero-order valence-electron chi connectivity index (χ0n) is 10.8. The standard InChI is InChI=1S/C14H19BrN2O/c1-9-6-7-17(8-13(9)16)14(18)11-4-3-5-12(15)10(11)2/h3-5,9,13H,6-8,16H2,1-2H3. The zero-order valence-corrected chi connectivity index (χ0v) is 12.4. The molecule has 0 aromatic heterocycles. The van der Waals surface area contributed by atoms with Gasteiger partial charge in [-0.15, -0.1) is 0 Å². The molecule has 1 aliphatic rings. The van der Waals surface area contributed by atoms with Gasteiger partial charge in [-0.25, -0.2) is 0 Å². The van der Waals surface area contributed by atoms with E-state index >= 15 is 0 Å². The third-order valence-electron chi connectivity index (χ3n) is 3.80. The molecule has 4 heteroatoms. The van der Waals surface area contributed by atoms with Gasteiger partial charge in [-0.1, -0.05) is 28.9 Å². The van der Waals surface area contributed by atoms with E-state index in [4.69, 9.17) is 5.73 Å². The lowest BCUT2D eigenvalue weighted by Crippen LogP contribution is -2.49. The van der Waals surface area contributed by atoms with Crippen LogP contribution in [0.1, 0.15) is 29.3 Å². The van der Waals surface area contributed by atoms with E-state index in [-0.39, 0.29) is 11.9 Å². The van der Waals surface area contributed by atoms with Crippen molar-refractivity contribution in [2.75, 3.05) is 13.1 Å². The fourth-order valence-electron chi connectivity index (χ4n) is 2.29. The maximum Gasteiger partial charge on any atom is 0.254 e. The minimum absolute atomic E-state index is 0.0927. The lowest BCUT2D eigenvalue weighted by Gasteiger charge is -2.35. The van der Waals surface area contributed by atoms with Gasteiger partial charge in [-0.3, -0.25) is 4.79 Å². The third kappa shape index (κ3) is 2.59. The molecule has 3 nitrogen and oxygen atoms in total. The third-order valence-corrected chi connectivity index (χ3v) is 4.66. The Labute approximate surface area is 116 Å². The average Bonchev–Trinajstić information content (AvgIpc) is 2.35. The minimum atomic E-state index is 0.0927. The minimum Gasteiger partial charge on any atom is -0.337 e.